The van der Waals surface area contributed by atoms with Gasteiger partial charge in [-0.3, -0.25) is 4.79 Å². The maximum atomic E-state index is 12.5. The second-order valence-corrected chi connectivity index (χ2v) is 9.97. The number of hydrogen-bond acceptors (Lipinski definition) is 3. The molecule has 2 bridgehead atoms. The predicted molar refractivity (Wildman–Crippen MR) is 90.3 cm³/mol. The van der Waals surface area contributed by atoms with Crippen molar-refractivity contribution in [2.24, 2.45) is 23.7 Å². The second kappa shape index (κ2) is 6.71. The van der Waals surface area contributed by atoms with Gasteiger partial charge in [-0.1, -0.05) is 6.42 Å². The average Bonchev–Trinajstić information content (AvgIpc) is 3.18. The SMILES string of the molecule is CCS(=O)(=O)N1CCC(C(=O)NC(C)C2CC3CCC2C3)CC1. The molecule has 6 heteroatoms. The fraction of sp³-hybridized carbons (Fsp3) is 0.941. The van der Waals surface area contributed by atoms with Gasteiger partial charge in [0, 0.05) is 25.0 Å². The van der Waals surface area contributed by atoms with Gasteiger partial charge in [-0.25, -0.2) is 12.7 Å². The molecular weight excluding hydrogens is 312 g/mol. The Morgan fingerprint density at radius 3 is 2.39 bits per heavy atom. The van der Waals surface area contributed by atoms with E-state index in [1.54, 1.807) is 6.92 Å². The molecule has 0 aromatic heterocycles. The number of piperidine rings is 1. The van der Waals surface area contributed by atoms with Crippen molar-refractivity contribution in [3.8, 4) is 0 Å². The molecule has 1 saturated heterocycles. The van der Waals surface area contributed by atoms with Crippen LogP contribution in [-0.2, 0) is 14.8 Å². The minimum absolute atomic E-state index is 0.0284. The number of nitrogens with zero attached hydrogens (tertiary/aromatic N) is 1. The van der Waals surface area contributed by atoms with E-state index in [9.17, 15) is 13.2 Å². The normalized spacial score (nSPS) is 33.7. The summed E-state index contributed by atoms with van der Waals surface area (Å²) < 4.78 is 25.3. The number of carbonyl (C=O) groups is 1. The Hall–Kier alpha value is -0.620. The van der Waals surface area contributed by atoms with E-state index in [2.05, 4.69) is 12.2 Å². The Bertz CT molecular complexity index is 540. The van der Waals surface area contributed by atoms with Gasteiger partial charge in [-0.2, -0.15) is 0 Å². The van der Waals surface area contributed by atoms with Crippen molar-refractivity contribution in [2.75, 3.05) is 18.8 Å². The van der Waals surface area contributed by atoms with Gasteiger partial charge in [-0.05, 0) is 63.7 Å². The van der Waals surface area contributed by atoms with Gasteiger partial charge in [0.1, 0.15) is 0 Å². The lowest BCUT2D eigenvalue weighted by Gasteiger charge is -2.33. The van der Waals surface area contributed by atoms with Crippen LogP contribution in [0, 0.1) is 23.7 Å². The fourth-order valence-electron chi connectivity index (χ4n) is 4.93. The van der Waals surface area contributed by atoms with Gasteiger partial charge in [0.25, 0.3) is 0 Å². The van der Waals surface area contributed by atoms with Gasteiger partial charge >= 0.3 is 0 Å². The Morgan fingerprint density at radius 2 is 1.87 bits per heavy atom. The van der Waals surface area contributed by atoms with E-state index in [1.165, 1.54) is 30.0 Å². The monoisotopic (exact) mass is 342 g/mol. The summed E-state index contributed by atoms with van der Waals surface area (Å²) in [5.74, 6) is 2.61. The van der Waals surface area contributed by atoms with Crippen LogP contribution in [0.15, 0.2) is 0 Å². The molecule has 0 spiro atoms. The summed E-state index contributed by atoms with van der Waals surface area (Å²) in [6, 6.07) is 0.259. The molecule has 1 heterocycles. The quantitative estimate of drug-likeness (QED) is 0.831. The van der Waals surface area contributed by atoms with Crippen LogP contribution in [0.1, 0.15) is 52.4 Å². The zero-order valence-electron chi connectivity index (χ0n) is 14.3. The van der Waals surface area contributed by atoms with Gasteiger partial charge in [0.2, 0.25) is 15.9 Å². The molecular formula is C17H30N2O3S. The first-order valence-corrected chi connectivity index (χ1v) is 10.8. The lowest BCUT2D eigenvalue weighted by molar-refractivity contribution is -0.127. The third-order valence-electron chi connectivity index (χ3n) is 6.39. The lowest BCUT2D eigenvalue weighted by atomic mass is 9.83. The summed E-state index contributed by atoms with van der Waals surface area (Å²) in [6.45, 7) is 4.79. The average molecular weight is 343 g/mol. The highest BCUT2D eigenvalue weighted by Gasteiger charge is 2.42. The minimum Gasteiger partial charge on any atom is -0.353 e. The number of sulfonamides is 1. The summed E-state index contributed by atoms with van der Waals surface area (Å²) in [6.07, 6.45) is 6.65. The highest BCUT2D eigenvalue weighted by atomic mass is 32.2. The largest absolute Gasteiger partial charge is 0.353 e. The van der Waals surface area contributed by atoms with Gasteiger partial charge in [-0.15, -0.1) is 0 Å². The third kappa shape index (κ3) is 3.58. The van der Waals surface area contributed by atoms with Gasteiger partial charge in [0.15, 0.2) is 0 Å². The Morgan fingerprint density at radius 1 is 1.17 bits per heavy atom. The van der Waals surface area contributed by atoms with Crippen LogP contribution >= 0.6 is 0 Å². The molecule has 0 aromatic carbocycles. The van der Waals surface area contributed by atoms with Crippen LogP contribution in [0.25, 0.3) is 0 Å². The minimum atomic E-state index is -3.11. The number of fused-ring (bicyclic) bond motifs is 2. The molecule has 3 fully saturated rings. The summed E-state index contributed by atoms with van der Waals surface area (Å²) in [5, 5.41) is 3.24. The van der Waals surface area contributed by atoms with Crippen molar-refractivity contribution in [3.05, 3.63) is 0 Å². The summed E-state index contributed by atoms with van der Waals surface area (Å²) in [4.78, 5) is 12.5. The number of rotatable bonds is 5. The molecule has 1 aliphatic heterocycles. The van der Waals surface area contributed by atoms with Crippen LogP contribution in [0.2, 0.25) is 0 Å². The van der Waals surface area contributed by atoms with E-state index in [1.807, 2.05) is 0 Å². The molecule has 23 heavy (non-hydrogen) atoms. The lowest BCUT2D eigenvalue weighted by Crippen LogP contribution is -2.47. The topological polar surface area (TPSA) is 66.5 Å². The van der Waals surface area contributed by atoms with E-state index in [0.29, 0.717) is 31.8 Å². The first-order chi connectivity index (χ1) is 10.9. The number of amides is 1. The molecule has 3 aliphatic rings. The van der Waals surface area contributed by atoms with Crippen LogP contribution in [0.4, 0.5) is 0 Å². The molecule has 2 saturated carbocycles. The van der Waals surface area contributed by atoms with E-state index < -0.39 is 10.0 Å². The Kier molecular flexibility index (Phi) is 5.02. The predicted octanol–water partition coefficient (Wildman–Crippen LogP) is 1.99. The van der Waals surface area contributed by atoms with Crippen LogP contribution in [-0.4, -0.2) is 43.5 Å². The number of carbonyl (C=O) groups excluding carboxylic acids is 1. The zero-order valence-corrected chi connectivity index (χ0v) is 15.1. The van der Waals surface area contributed by atoms with Crippen molar-refractivity contribution >= 4 is 15.9 Å². The Balaban J connectivity index is 1.48. The van der Waals surface area contributed by atoms with Crippen LogP contribution in [0.5, 0.6) is 0 Å². The molecule has 1 amide bonds. The first-order valence-electron chi connectivity index (χ1n) is 9.19. The summed E-state index contributed by atoms with van der Waals surface area (Å²) in [5.41, 5.74) is 0. The van der Waals surface area contributed by atoms with Crippen molar-refractivity contribution in [2.45, 2.75) is 58.4 Å². The first kappa shape index (κ1) is 17.2. The van der Waals surface area contributed by atoms with E-state index in [0.717, 1.165) is 11.8 Å². The van der Waals surface area contributed by atoms with Gasteiger partial charge < -0.3 is 5.32 Å². The van der Waals surface area contributed by atoms with Gasteiger partial charge in [0.05, 0.1) is 5.75 Å². The van der Waals surface area contributed by atoms with Crippen LogP contribution in [0.3, 0.4) is 0 Å². The molecule has 132 valence electrons. The maximum absolute atomic E-state index is 12.5. The van der Waals surface area contributed by atoms with Crippen molar-refractivity contribution in [1.82, 2.24) is 9.62 Å². The molecule has 4 unspecified atom stereocenters. The molecule has 0 radical (unpaired) electrons. The van der Waals surface area contributed by atoms with Crippen molar-refractivity contribution in [1.29, 1.82) is 0 Å². The number of hydrogen-bond donors (Lipinski definition) is 1. The fourth-order valence-corrected chi connectivity index (χ4v) is 6.07. The van der Waals surface area contributed by atoms with Crippen LogP contribution < -0.4 is 5.32 Å². The molecule has 3 rings (SSSR count). The summed E-state index contributed by atoms with van der Waals surface area (Å²) in [7, 11) is -3.11. The smallest absolute Gasteiger partial charge is 0.223 e. The standard InChI is InChI=1S/C17H30N2O3S/c1-3-23(21,22)19-8-6-14(7-9-19)17(20)18-12(2)16-11-13-4-5-15(16)10-13/h12-16H,3-11H2,1-2H3,(H,18,20). The molecule has 5 nitrogen and oxygen atoms in total. The molecule has 0 aromatic rings. The summed E-state index contributed by atoms with van der Waals surface area (Å²) >= 11 is 0. The van der Waals surface area contributed by atoms with E-state index in [-0.39, 0.29) is 23.6 Å². The maximum Gasteiger partial charge on any atom is 0.223 e. The zero-order chi connectivity index (χ0) is 16.6. The van der Waals surface area contributed by atoms with Crippen molar-refractivity contribution in [3.63, 3.8) is 0 Å². The molecule has 1 N–H and O–H groups in total. The molecule has 4 atom stereocenters. The van der Waals surface area contributed by atoms with E-state index >= 15 is 0 Å². The highest BCUT2D eigenvalue weighted by Crippen LogP contribution is 2.49. The molecule has 2 aliphatic carbocycles. The third-order valence-corrected chi connectivity index (χ3v) is 8.27. The van der Waals surface area contributed by atoms with E-state index in [4.69, 9.17) is 0 Å². The highest BCUT2D eigenvalue weighted by molar-refractivity contribution is 7.89. The van der Waals surface area contributed by atoms with Crippen molar-refractivity contribution < 1.29 is 13.2 Å². The second-order valence-electron chi connectivity index (χ2n) is 7.71. The Labute approximate surface area is 140 Å². The number of nitrogens with one attached hydrogen (secondary N) is 1.